The van der Waals surface area contributed by atoms with Gasteiger partial charge >= 0.3 is 0 Å². The molecule has 0 radical (unpaired) electrons. The van der Waals surface area contributed by atoms with Gasteiger partial charge in [-0.3, -0.25) is 0 Å². The van der Waals surface area contributed by atoms with Crippen molar-refractivity contribution in [3.63, 3.8) is 0 Å². The molecular weight excluding hydrogens is 204 g/mol. The predicted octanol–water partition coefficient (Wildman–Crippen LogP) is 4.67. The Morgan fingerprint density at radius 3 is 1.88 bits per heavy atom. The SMILES string of the molecule is C=C(c1ccccc1)c1cc(C)c(C)c(C)c1. The van der Waals surface area contributed by atoms with Crippen LogP contribution >= 0.6 is 0 Å². The van der Waals surface area contributed by atoms with E-state index in [1.807, 2.05) is 6.07 Å². The average Bonchev–Trinajstić information content (AvgIpc) is 2.35. The van der Waals surface area contributed by atoms with Crippen molar-refractivity contribution in [3.8, 4) is 0 Å². The second-order valence-electron chi connectivity index (χ2n) is 4.58. The molecule has 0 saturated heterocycles. The Balaban J connectivity index is 2.45. The van der Waals surface area contributed by atoms with Crippen molar-refractivity contribution in [2.24, 2.45) is 0 Å². The Hall–Kier alpha value is -1.82. The minimum absolute atomic E-state index is 1.09. The van der Waals surface area contributed by atoms with Gasteiger partial charge in [-0.15, -0.1) is 0 Å². The maximum absolute atomic E-state index is 4.21. The standard InChI is InChI=1S/C17H18/c1-12-10-17(11-13(2)14(12)3)15(4)16-8-6-5-7-9-16/h5-11H,4H2,1-3H3. The summed E-state index contributed by atoms with van der Waals surface area (Å²) in [5.74, 6) is 0. The third kappa shape index (κ3) is 2.31. The van der Waals surface area contributed by atoms with Gasteiger partial charge in [0.05, 0.1) is 0 Å². The molecule has 0 bridgehead atoms. The lowest BCUT2D eigenvalue weighted by molar-refractivity contribution is 1.26. The minimum atomic E-state index is 1.09. The lowest BCUT2D eigenvalue weighted by atomic mass is 9.94. The van der Waals surface area contributed by atoms with Crippen molar-refractivity contribution >= 4 is 5.57 Å². The van der Waals surface area contributed by atoms with Crippen molar-refractivity contribution in [3.05, 3.63) is 76.9 Å². The van der Waals surface area contributed by atoms with Gasteiger partial charge in [-0.2, -0.15) is 0 Å². The van der Waals surface area contributed by atoms with Gasteiger partial charge in [0.1, 0.15) is 0 Å². The molecule has 0 atom stereocenters. The number of rotatable bonds is 2. The predicted molar refractivity (Wildman–Crippen MR) is 75.2 cm³/mol. The maximum atomic E-state index is 4.21. The fraction of sp³-hybridized carbons (Fsp3) is 0.176. The first-order chi connectivity index (χ1) is 8.09. The van der Waals surface area contributed by atoms with Crippen LogP contribution in [0.15, 0.2) is 49.0 Å². The van der Waals surface area contributed by atoms with Gasteiger partial charge in [0.15, 0.2) is 0 Å². The first-order valence-electron chi connectivity index (χ1n) is 5.92. The fourth-order valence-electron chi connectivity index (χ4n) is 2.02. The lowest BCUT2D eigenvalue weighted by Crippen LogP contribution is -1.92. The molecule has 2 rings (SSSR count). The Morgan fingerprint density at radius 2 is 1.35 bits per heavy atom. The van der Waals surface area contributed by atoms with Gasteiger partial charge in [-0.05, 0) is 54.2 Å². The highest BCUT2D eigenvalue weighted by atomic mass is 14.1. The molecule has 86 valence electrons. The van der Waals surface area contributed by atoms with Crippen LogP contribution in [0.1, 0.15) is 27.8 Å². The summed E-state index contributed by atoms with van der Waals surface area (Å²) < 4.78 is 0. The van der Waals surface area contributed by atoms with E-state index in [-0.39, 0.29) is 0 Å². The van der Waals surface area contributed by atoms with Crippen molar-refractivity contribution in [2.75, 3.05) is 0 Å². The van der Waals surface area contributed by atoms with E-state index in [0.29, 0.717) is 0 Å². The van der Waals surface area contributed by atoms with E-state index >= 15 is 0 Å². The summed E-state index contributed by atoms with van der Waals surface area (Å²) in [4.78, 5) is 0. The molecule has 0 nitrogen and oxygen atoms in total. The highest BCUT2D eigenvalue weighted by molar-refractivity contribution is 5.78. The van der Waals surface area contributed by atoms with Crippen LogP contribution in [0.3, 0.4) is 0 Å². The van der Waals surface area contributed by atoms with Gasteiger partial charge in [-0.1, -0.05) is 49.0 Å². The van der Waals surface area contributed by atoms with E-state index in [1.165, 1.54) is 27.8 Å². The summed E-state index contributed by atoms with van der Waals surface area (Å²) in [5.41, 5.74) is 7.53. The summed E-state index contributed by atoms with van der Waals surface area (Å²) in [6.45, 7) is 10.7. The second kappa shape index (κ2) is 4.58. The zero-order valence-corrected chi connectivity index (χ0v) is 10.7. The molecule has 0 aliphatic carbocycles. The molecule has 0 fully saturated rings. The van der Waals surface area contributed by atoms with Crippen molar-refractivity contribution < 1.29 is 0 Å². The number of aryl methyl sites for hydroxylation is 2. The summed E-state index contributed by atoms with van der Waals surface area (Å²) in [7, 11) is 0. The van der Waals surface area contributed by atoms with Crippen molar-refractivity contribution in [1.82, 2.24) is 0 Å². The van der Waals surface area contributed by atoms with Crippen LogP contribution in [-0.4, -0.2) is 0 Å². The number of benzene rings is 2. The molecule has 2 aromatic carbocycles. The van der Waals surface area contributed by atoms with E-state index in [4.69, 9.17) is 0 Å². The normalized spacial score (nSPS) is 10.3. The van der Waals surface area contributed by atoms with Gasteiger partial charge in [0.25, 0.3) is 0 Å². The van der Waals surface area contributed by atoms with Gasteiger partial charge < -0.3 is 0 Å². The average molecular weight is 222 g/mol. The van der Waals surface area contributed by atoms with Crippen molar-refractivity contribution in [2.45, 2.75) is 20.8 Å². The number of hydrogen-bond donors (Lipinski definition) is 0. The quantitative estimate of drug-likeness (QED) is 0.692. The highest BCUT2D eigenvalue weighted by Crippen LogP contribution is 2.25. The fourth-order valence-corrected chi connectivity index (χ4v) is 2.02. The van der Waals surface area contributed by atoms with Gasteiger partial charge in [-0.25, -0.2) is 0 Å². The van der Waals surface area contributed by atoms with E-state index in [1.54, 1.807) is 0 Å². The topological polar surface area (TPSA) is 0 Å². The second-order valence-corrected chi connectivity index (χ2v) is 4.58. The lowest BCUT2D eigenvalue weighted by Gasteiger charge is -2.11. The molecule has 0 N–H and O–H groups in total. The zero-order valence-electron chi connectivity index (χ0n) is 10.7. The summed E-state index contributed by atoms with van der Waals surface area (Å²) in [6.07, 6.45) is 0. The van der Waals surface area contributed by atoms with E-state index in [2.05, 4.69) is 63.7 Å². The molecule has 0 heteroatoms. The summed E-state index contributed by atoms with van der Waals surface area (Å²) in [5, 5.41) is 0. The van der Waals surface area contributed by atoms with E-state index in [0.717, 1.165) is 5.57 Å². The smallest absolute Gasteiger partial charge is 0.0179 e. The molecule has 0 spiro atoms. The summed E-state index contributed by atoms with van der Waals surface area (Å²) >= 11 is 0. The molecule has 0 aromatic heterocycles. The largest absolute Gasteiger partial charge is 0.0906 e. The first kappa shape index (κ1) is 11.7. The number of hydrogen-bond acceptors (Lipinski definition) is 0. The van der Waals surface area contributed by atoms with E-state index in [9.17, 15) is 0 Å². The Morgan fingerprint density at radius 1 is 0.824 bits per heavy atom. The van der Waals surface area contributed by atoms with Gasteiger partial charge in [0.2, 0.25) is 0 Å². The molecule has 0 unspecified atom stereocenters. The highest BCUT2D eigenvalue weighted by Gasteiger charge is 2.05. The zero-order chi connectivity index (χ0) is 12.4. The minimum Gasteiger partial charge on any atom is -0.0906 e. The third-order valence-electron chi connectivity index (χ3n) is 3.40. The molecule has 2 aromatic rings. The van der Waals surface area contributed by atoms with Crippen LogP contribution in [0.4, 0.5) is 0 Å². The molecular formula is C17H18. The third-order valence-corrected chi connectivity index (χ3v) is 3.40. The van der Waals surface area contributed by atoms with Gasteiger partial charge in [0, 0.05) is 0 Å². The maximum Gasteiger partial charge on any atom is -0.0179 e. The Kier molecular flexibility index (Phi) is 3.14. The Bertz CT molecular complexity index is 525. The molecule has 0 amide bonds. The van der Waals surface area contributed by atoms with Crippen molar-refractivity contribution in [1.29, 1.82) is 0 Å². The molecule has 0 saturated carbocycles. The van der Waals surface area contributed by atoms with E-state index < -0.39 is 0 Å². The molecule has 0 aliphatic rings. The Labute approximate surface area is 104 Å². The van der Waals surface area contributed by atoms with Crippen LogP contribution in [0, 0.1) is 20.8 Å². The van der Waals surface area contributed by atoms with Crippen LogP contribution < -0.4 is 0 Å². The summed E-state index contributed by atoms with van der Waals surface area (Å²) in [6, 6.07) is 14.8. The monoisotopic (exact) mass is 222 g/mol. The first-order valence-corrected chi connectivity index (χ1v) is 5.92. The van der Waals surface area contributed by atoms with Crippen LogP contribution in [0.5, 0.6) is 0 Å². The molecule has 0 aliphatic heterocycles. The van der Waals surface area contributed by atoms with Crippen LogP contribution in [-0.2, 0) is 0 Å². The molecule has 0 heterocycles. The van der Waals surface area contributed by atoms with Crippen LogP contribution in [0.2, 0.25) is 0 Å². The van der Waals surface area contributed by atoms with Crippen LogP contribution in [0.25, 0.3) is 5.57 Å². The molecule has 17 heavy (non-hydrogen) atoms.